The fourth-order valence-corrected chi connectivity index (χ4v) is 1.50. The number of hydrogen-bond acceptors (Lipinski definition) is 3. The van der Waals surface area contributed by atoms with Crippen LogP contribution in [0.5, 0.6) is 0 Å². The number of hydrogen-bond donors (Lipinski definition) is 3. The number of carbonyl (C=O) groups excluding carboxylic acids is 1. The number of halogens is 1. The Balaban J connectivity index is 2.46. The highest BCUT2D eigenvalue weighted by atomic mass is 19.1. The number of benzene rings is 1. The Morgan fingerprint density at radius 1 is 1.56 bits per heavy atom. The topological polar surface area (TPSA) is 87.7 Å². The van der Waals surface area contributed by atoms with Crippen molar-refractivity contribution in [2.24, 2.45) is 10.9 Å². The van der Waals surface area contributed by atoms with Crippen molar-refractivity contribution >= 4 is 11.7 Å². The molecule has 0 radical (unpaired) electrons. The van der Waals surface area contributed by atoms with Crippen LogP contribution in [-0.4, -0.2) is 23.5 Å². The second kappa shape index (κ2) is 6.58. The molecule has 1 rings (SSSR count). The Hall–Kier alpha value is -2.11. The predicted octanol–water partition coefficient (Wildman–Crippen LogP) is 1.39. The third kappa shape index (κ3) is 4.04. The molecular formula is C12H16FN3O2. The van der Waals surface area contributed by atoms with Gasteiger partial charge in [-0.25, -0.2) is 4.39 Å². The highest BCUT2D eigenvalue weighted by Gasteiger charge is 2.08. The second-order valence-corrected chi connectivity index (χ2v) is 3.91. The van der Waals surface area contributed by atoms with Crippen molar-refractivity contribution in [1.82, 2.24) is 5.32 Å². The van der Waals surface area contributed by atoms with Gasteiger partial charge in [0.25, 0.3) is 5.91 Å². The van der Waals surface area contributed by atoms with E-state index in [1.807, 2.05) is 0 Å². The van der Waals surface area contributed by atoms with E-state index in [1.165, 1.54) is 18.2 Å². The molecule has 0 aliphatic heterocycles. The van der Waals surface area contributed by atoms with Gasteiger partial charge in [0.2, 0.25) is 0 Å². The molecule has 0 unspecified atom stereocenters. The maximum atomic E-state index is 12.9. The summed E-state index contributed by atoms with van der Waals surface area (Å²) in [6.45, 7) is 2.08. The summed E-state index contributed by atoms with van der Waals surface area (Å²) < 4.78 is 12.9. The van der Waals surface area contributed by atoms with Crippen LogP contribution in [0.3, 0.4) is 0 Å². The summed E-state index contributed by atoms with van der Waals surface area (Å²) in [6, 6.07) is 4.01. The van der Waals surface area contributed by atoms with E-state index in [4.69, 9.17) is 10.9 Å². The van der Waals surface area contributed by atoms with Crippen molar-refractivity contribution in [1.29, 1.82) is 0 Å². The van der Waals surface area contributed by atoms with E-state index < -0.39 is 0 Å². The monoisotopic (exact) mass is 253 g/mol. The molecular weight excluding hydrogens is 237 g/mol. The number of rotatable bonds is 5. The van der Waals surface area contributed by atoms with Crippen LogP contribution in [0.15, 0.2) is 23.4 Å². The Bertz CT molecular complexity index is 461. The Labute approximate surface area is 104 Å². The molecule has 18 heavy (non-hydrogen) atoms. The molecule has 0 bridgehead atoms. The summed E-state index contributed by atoms with van der Waals surface area (Å²) in [7, 11) is 0. The Kier molecular flexibility index (Phi) is 5.10. The number of carbonyl (C=O) groups is 1. The molecule has 5 nitrogen and oxygen atoms in total. The van der Waals surface area contributed by atoms with Crippen molar-refractivity contribution in [3.8, 4) is 0 Å². The smallest absolute Gasteiger partial charge is 0.251 e. The summed E-state index contributed by atoms with van der Waals surface area (Å²) in [5.74, 6) is -0.495. The summed E-state index contributed by atoms with van der Waals surface area (Å²) in [6.07, 6.45) is 0.973. The van der Waals surface area contributed by atoms with Gasteiger partial charge in [0.1, 0.15) is 11.7 Å². The molecule has 0 aliphatic rings. The summed E-state index contributed by atoms with van der Waals surface area (Å²) in [4.78, 5) is 11.7. The lowest BCUT2D eigenvalue weighted by molar-refractivity contribution is 0.0952. The number of oxime groups is 1. The molecule has 0 aromatic heterocycles. The van der Waals surface area contributed by atoms with Crippen molar-refractivity contribution in [3.05, 3.63) is 35.1 Å². The van der Waals surface area contributed by atoms with Gasteiger partial charge in [-0.2, -0.15) is 0 Å². The van der Waals surface area contributed by atoms with E-state index >= 15 is 0 Å². The first-order chi connectivity index (χ1) is 8.54. The van der Waals surface area contributed by atoms with Gasteiger partial charge >= 0.3 is 0 Å². The van der Waals surface area contributed by atoms with Crippen LogP contribution < -0.4 is 11.1 Å². The van der Waals surface area contributed by atoms with Crippen LogP contribution in [0.25, 0.3) is 0 Å². The lowest BCUT2D eigenvalue weighted by Gasteiger charge is -2.07. The predicted molar refractivity (Wildman–Crippen MR) is 66.1 cm³/mol. The average Bonchev–Trinajstić information content (AvgIpc) is 2.34. The maximum Gasteiger partial charge on any atom is 0.251 e. The lowest BCUT2D eigenvalue weighted by atomic mass is 10.1. The molecule has 0 heterocycles. The van der Waals surface area contributed by atoms with E-state index in [0.717, 1.165) is 0 Å². The summed E-state index contributed by atoms with van der Waals surface area (Å²) in [5.41, 5.74) is 6.32. The number of nitrogens with two attached hydrogens (primary N) is 1. The first-order valence-corrected chi connectivity index (χ1v) is 5.55. The van der Waals surface area contributed by atoms with E-state index in [1.54, 1.807) is 6.92 Å². The average molecular weight is 253 g/mol. The molecule has 6 heteroatoms. The largest absolute Gasteiger partial charge is 0.409 e. The Morgan fingerprint density at radius 3 is 2.89 bits per heavy atom. The lowest BCUT2D eigenvalue weighted by Crippen LogP contribution is -2.26. The fourth-order valence-electron chi connectivity index (χ4n) is 1.50. The molecule has 0 aliphatic carbocycles. The first-order valence-electron chi connectivity index (χ1n) is 5.55. The van der Waals surface area contributed by atoms with Crippen LogP contribution in [0.4, 0.5) is 4.39 Å². The van der Waals surface area contributed by atoms with Gasteiger partial charge in [-0.1, -0.05) is 5.16 Å². The molecule has 0 spiro atoms. The van der Waals surface area contributed by atoms with Gasteiger partial charge in [-0.3, -0.25) is 4.79 Å². The molecule has 0 saturated heterocycles. The second-order valence-electron chi connectivity index (χ2n) is 3.91. The molecule has 1 amide bonds. The summed E-state index contributed by atoms with van der Waals surface area (Å²) >= 11 is 0. The van der Waals surface area contributed by atoms with Crippen molar-refractivity contribution in [3.63, 3.8) is 0 Å². The van der Waals surface area contributed by atoms with Gasteiger partial charge in [-0.05, 0) is 37.1 Å². The molecule has 98 valence electrons. The van der Waals surface area contributed by atoms with Crippen LogP contribution in [-0.2, 0) is 0 Å². The third-order valence-corrected chi connectivity index (χ3v) is 2.46. The molecule has 0 saturated carbocycles. The van der Waals surface area contributed by atoms with E-state index in [9.17, 15) is 9.18 Å². The van der Waals surface area contributed by atoms with E-state index in [0.29, 0.717) is 30.5 Å². The van der Waals surface area contributed by atoms with E-state index in [-0.39, 0.29) is 17.6 Å². The van der Waals surface area contributed by atoms with Crippen LogP contribution in [0, 0.1) is 12.7 Å². The minimum atomic E-state index is -0.365. The number of aryl methyl sites for hydroxylation is 1. The quantitative estimate of drug-likeness (QED) is 0.243. The highest BCUT2D eigenvalue weighted by molar-refractivity contribution is 5.95. The van der Waals surface area contributed by atoms with Crippen LogP contribution in [0.1, 0.15) is 28.8 Å². The number of amidine groups is 1. The molecule has 0 fully saturated rings. The normalized spacial score (nSPS) is 11.3. The maximum absolute atomic E-state index is 12.9. The minimum Gasteiger partial charge on any atom is -0.409 e. The molecule has 0 atom stereocenters. The zero-order valence-electron chi connectivity index (χ0n) is 10.1. The highest BCUT2D eigenvalue weighted by Crippen LogP contribution is 2.09. The zero-order valence-corrected chi connectivity index (χ0v) is 10.1. The molecule has 1 aromatic rings. The first kappa shape index (κ1) is 14.0. The van der Waals surface area contributed by atoms with Gasteiger partial charge in [0.15, 0.2) is 0 Å². The number of nitrogens with zero attached hydrogens (tertiary/aromatic N) is 1. The number of nitrogens with one attached hydrogen (secondary N) is 1. The van der Waals surface area contributed by atoms with Gasteiger partial charge in [0, 0.05) is 18.5 Å². The molecule has 4 N–H and O–H groups in total. The Morgan fingerprint density at radius 2 is 2.28 bits per heavy atom. The number of amides is 1. The third-order valence-electron chi connectivity index (χ3n) is 2.46. The van der Waals surface area contributed by atoms with Crippen molar-refractivity contribution in [2.45, 2.75) is 19.8 Å². The fraction of sp³-hybridized carbons (Fsp3) is 0.333. The van der Waals surface area contributed by atoms with Gasteiger partial charge < -0.3 is 16.3 Å². The zero-order chi connectivity index (χ0) is 13.5. The van der Waals surface area contributed by atoms with Gasteiger partial charge in [0.05, 0.1) is 0 Å². The van der Waals surface area contributed by atoms with Crippen molar-refractivity contribution < 1.29 is 14.4 Å². The molecule has 1 aromatic carbocycles. The van der Waals surface area contributed by atoms with Gasteiger partial charge in [-0.15, -0.1) is 0 Å². The van der Waals surface area contributed by atoms with Crippen LogP contribution >= 0.6 is 0 Å². The van der Waals surface area contributed by atoms with Crippen molar-refractivity contribution in [2.75, 3.05) is 6.54 Å². The van der Waals surface area contributed by atoms with Crippen LogP contribution in [0.2, 0.25) is 0 Å². The standard InChI is InChI=1S/C12H16FN3O2/c1-8-7-9(13)4-5-10(8)12(17)15-6-2-3-11(14)16-18/h4-5,7,18H,2-3,6H2,1H3,(H2,14,16)(H,15,17). The minimum absolute atomic E-state index is 0.127. The summed E-state index contributed by atoms with van der Waals surface area (Å²) in [5, 5.41) is 13.8. The SMILES string of the molecule is Cc1cc(F)ccc1C(=O)NCCC/C(N)=N/O. The van der Waals surface area contributed by atoms with E-state index in [2.05, 4.69) is 10.5 Å².